The molecule has 0 fully saturated rings. The van der Waals surface area contributed by atoms with Crippen LogP contribution >= 0.6 is 0 Å². The molecule has 5 rings (SSSR count). The number of amides is 2. The largest absolute Gasteiger partial charge is 0.387 e. The number of carbonyl (C=O) groups excluding carboxylic acids is 2. The van der Waals surface area contributed by atoms with Crippen LogP contribution in [-0.2, 0) is 21.1 Å². The summed E-state index contributed by atoms with van der Waals surface area (Å²) in [7, 11) is -3.59. The van der Waals surface area contributed by atoms with Crippen LogP contribution in [0.2, 0.25) is 0 Å². The zero-order valence-corrected chi connectivity index (χ0v) is 22.7. The van der Waals surface area contributed by atoms with Gasteiger partial charge in [0, 0.05) is 12.0 Å². The predicted molar refractivity (Wildman–Crippen MR) is 143 cm³/mol. The van der Waals surface area contributed by atoms with Gasteiger partial charge < -0.3 is 16.2 Å². The van der Waals surface area contributed by atoms with Crippen molar-refractivity contribution in [3.8, 4) is 0 Å². The lowest BCUT2D eigenvalue weighted by atomic mass is 9.87. The molecule has 38 heavy (non-hydrogen) atoms. The lowest BCUT2D eigenvalue weighted by Crippen LogP contribution is -2.53. The highest BCUT2D eigenvalue weighted by molar-refractivity contribution is 7.91. The van der Waals surface area contributed by atoms with Gasteiger partial charge in [-0.2, -0.15) is 0 Å². The molecule has 3 atom stereocenters. The van der Waals surface area contributed by atoms with E-state index >= 15 is 0 Å². The van der Waals surface area contributed by atoms with Crippen molar-refractivity contribution >= 4 is 27.6 Å². The molecule has 0 aromatic heterocycles. The standard InChI is InChI=1S/C28H34N4O5S/c1-4-28(5-2)16-23(33)32(26(29)31-28)21-12-13-38(36,37)22-11-10-17(14-20(21)22)25(34)30-24-19-9-7-6-8-18(19)15-27(24,3)35/h6-11,14,21,24,35H,4-5,12-13,15-16H2,1-3H3,(H2,29,31)(H,30,34)/t21-,24-,27+/m1/s1. The van der Waals surface area contributed by atoms with Crippen molar-refractivity contribution in [3.05, 3.63) is 64.7 Å². The molecule has 0 saturated heterocycles. The van der Waals surface area contributed by atoms with E-state index < -0.39 is 39.0 Å². The predicted octanol–water partition coefficient (Wildman–Crippen LogP) is 2.79. The molecule has 2 aromatic rings. The monoisotopic (exact) mass is 538 g/mol. The fraction of sp³-hybridized carbons (Fsp3) is 0.464. The number of aliphatic imine (C=N–C) groups is 1. The Morgan fingerprint density at radius 1 is 1.16 bits per heavy atom. The van der Waals surface area contributed by atoms with Crippen LogP contribution in [0.3, 0.4) is 0 Å². The fourth-order valence-electron chi connectivity index (χ4n) is 6.10. The molecule has 202 valence electrons. The van der Waals surface area contributed by atoms with Crippen molar-refractivity contribution in [3.63, 3.8) is 0 Å². The Balaban J connectivity index is 1.51. The number of guanidine groups is 1. The van der Waals surface area contributed by atoms with Crippen LogP contribution in [0, 0.1) is 0 Å². The summed E-state index contributed by atoms with van der Waals surface area (Å²) in [4.78, 5) is 32.9. The minimum Gasteiger partial charge on any atom is -0.387 e. The van der Waals surface area contributed by atoms with Crippen LogP contribution in [0.4, 0.5) is 0 Å². The van der Waals surface area contributed by atoms with Gasteiger partial charge in [-0.1, -0.05) is 38.1 Å². The van der Waals surface area contributed by atoms with Crippen molar-refractivity contribution in [2.24, 2.45) is 10.7 Å². The first-order chi connectivity index (χ1) is 17.9. The molecule has 10 heteroatoms. The summed E-state index contributed by atoms with van der Waals surface area (Å²) in [5.41, 5.74) is 7.01. The number of nitrogens with two attached hydrogens (primary N) is 1. The fourth-order valence-corrected chi connectivity index (χ4v) is 7.69. The van der Waals surface area contributed by atoms with E-state index in [9.17, 15) is 23.1 Å². The average molecular weight is 539 g/mol. The van der Waals surface area contributed by atoms with Crippen molar-refractivity contribution in [1.82, 2.24) is 10.2 Å². The molecule has 0 bridgehead atoms. The lowest BCUT2D eigenvalue weighted by molar-refractivity contribution is -0.131. The molecule has 2 heterocycles. The van der Waals surface area contributed by atoms with Gasteiger partial charge in [-0.05, 0) is 61.1 Å². The molecule has 3 aliphatic rings. The summed E-state index contributed by atoms with van der Waals surface area (Å²) in [5.74, 6) is -0.709. The first-order valence-electron chi connectivity index (χ1n) is 13.1. The Morgan fingerprint density at radius 3 is 2.55 bits per heavy atom. The lowest BCUT2D eigenvalue weighted by Gasteiger charge is -2.41. The van der Waals surface area contributed by atoms with E-state index in [1.54, 1.807) is 6.92 Å². The normalized spacial score (nSPS) is 27.3. The zero-order valence-electron chi connectivity index (χ0n) is 21.9. The summed E-state index contributed by atoms with van der Waals surface area (Å²) in [6, 6.07) is 10.7. The Morgan fingerprint density at radius 2 is 1.87 bits per heavy atom. The summed E-state index contributed by atoms with van der Waals surface area (Å²) in [5, 5.41) is 14.0. The minimum atomic E-state index is -3.59. The Labute approximate surface area is 223 Å². The first-order valence-corrected chi connectivity index (χ1v) is 14.7. The van der Waals surface area contributed by atoms with Gasteiger partial charge in [-0.3, -0.25) is 14.5 Å². The second-order valence-corrected chi connectivity index (χ2v) is 12.9. The molecule has 0 radical (unpaired) electrons. The van der Waals surface area contributed by atoms with E-state index in [0.29, 0.717) is 24.8 Å². The van der Waals surface area contributed by atoms with Crippen LogP contribution in [0.1, 0.15) is 85.6 Å². The molecule has 0 spiro atoms. The van der Waals surface area contributed by atoms with E-state index in [0.717, 1.165) is 11.1 Å². The van der Waals surface area contributed by atoms with Crippen LogP contribution in [0.15, 0.2) is 52.4 Å². The van der Waals surface area contributed by atoms with Gasteiger partial charge in [0.15, 0.2) is 15.8 Å². The Hall–Kier alpha value is -3.24. The molecular weight excluding hydrogens is 504 g/mol. The number of hydrogen-bond donors (Lipinski definition) is 3. The second kappa shape index (κ2) is 9.20. The first kappa shape index (κ1) is 26.4. The average Bonchev–Trinajstić information content (AvgIpc) is 3.13. The zero-order chi connectivity index (χ0) is 27.5. The molecule has 4 N–H and O–H groups in total. The van der Waals surface area contributed by atoms with Gasteiger partial charge in [-0.15, -0.1) is 0 Å². The van der Waals surface area contributed by atoms with Gasteiger partial charge in [0.2, 0.25) is 5.91 Å². The van der Waals surface area contributed by atoms with Crippen molar-refractivity contribution in [1.29, 1.82) is 0 Å². The second-order valence-electron chi connectivity index (χ2n) is 10.9. The van der Waals surface area contributed by atoms with Gasteiger partial charge in [0.1, 0.15) is 0 Å². The topological polar surface area (TPSA) is 142 Å². The number of nitrogens with zero attached hydrogens (tertiary/aromatic N) is 2. The number of carbonyl (C=O) groups is 2. The molecule has 2 amide bonds. The van der Waals surface area contributed by atoms with E-state index in [-0.39, 0.29) is 40.9 Å². The Kier molecular flexibility index (Phi) is 6.38. The molecule has 1 aliphatic carbocycles. The Bertz CT molecular complexity index is 1440. The van der Waals surface area contributed by atoms with E-state index in [2.05, 4.69) is 10.3 Å². The summed E-state index contributed by atoms with van der Waals surface area (Å²) < 4.78 is 25.9. The third-order valence-corrected chi connectivity index (χ3v) is 10.2. The van der Waals surface area contributed by atoms with Crippen molar-refractivity contribution in [2.45, 2.75) is 81.0 Å². The number of fused-ring (bicyclic) bond motifs is 2. The van der Waals surface area contributed by atoms with Gasteiger partial charge in [0.25, 0.3) is 5.91 Å². The van der Waals surface area contributed by atoms with E-state index in [4.69, 9.17) is 5.73 Å². The maximum Gasteiger partial charge on any atom is 0.251 e. The van der Waals surface area contributed by atoms with Gasteiger partial charge >= 0.3 is 0 Å². The SMILES string of the molecule is CCC1(CC)CC(=O)N([C@@H]2CCS(=O)(=O)c3ccc(C(=O)N[C@@H]4c5ccccc5C[C@]4(C)O)cc32)C(N)=N1. The summed E-state index contributed by atoms with van der Waals surface area (Å²) in [6.07, 6.45) is 2.08. The third-order valence-electron chi connectivity index (χ3n) is 8.41. The third kappa shape index (κ3) is 4.29. The van der Waals surface area contributed by atoms with Crippen molar-refractivity contribution < 1.29 is 23.1 Å². The molecular formula is C28H34N4O5S. The number of aliphatic hydroxyl groups is 1. The molecule has 0 unspecified atom stereocenters. The number of rotatable bonds is 5. The van der Waals surface area contributed by atoms with Crippen LogP contribution in [0.5, 0.6) is 0 Å². The van der Waals surface area contributed by atoms with Crippen LogP contribution in [0.25, 0.3) is 0 Å². The highest BCUT2D eigenvalue weighted by Gasteiger charge is 2.44. The highest BCUT2D eigenvalue weighted by atomic mass is 32.2. The quantitative estimate of drug-likeness (QED) is 0.534. The number of sulfone groups is 1. The summed E-state index contributed by atoms with van der Waals surface area (Å²) >= 11 is 0. The van der Waals surface area contributed by atoms with Crippen molar-refractivity contribution in [2.75, 3.05) is 5.75 Å². The number of hydrogen-bond acceptors (Lipinski definition) is 7. The number of nitrogens with one attached hydrogen (secondary N) is 1. The molecule has 2 aliphatic heterocycles. The molecule has 0 saturated carbocycles. The molecule has 9 nitrogen and oxygen atoms in total. The highest BCUT2D eigenvalue weighted by Crippen LogP contribution is 2.41. The smallest absolute Gasteiger partial charge is 0.251 e. The molecule has 2 aromatic carbocycles. The van der Waals surface area contributed by atoms with E-state index in [1.165, 1.54) is 23.1 Å². The summed E-state index contributed by atoms with van der Waals surface area (Å²) in [6.45, 7) is 5.62. The van der Waals surface area contributed by atoms with E-state index in [1.807, 2.05) is 38.1 Å². The minimum absolute atomic E-state index is 0.0775. The number of benzene rings is 2. The van der Waals surface area contributed by atoms with Crippen LogP contribution in [-0.4, -0.2) is 53.1 Å². The maximum absolute atomic E-state index is 13.4. The van der Waals surface area contributed by atoms with Gasteiger partial charge in [0.05, 0.1) is 40.3 Å². The van der Waals surface area contributed by atoms with Gasteiger partial charge in [-0.25, -0.2) is 13.4 Å². The van der Waals surface area contributed by atoms with Crippen LogP contribution < -0.4 is 11.1 Å². The maximum atomic E-state index is 13.4.